The van der Waals surface area contributed by atoms with Gasteiger partial charge in [-0.25, -0.2) is 0 Å². The smallest absolute Gasteiger partial charge is 0.318 e. The van der Waals surface area contributed by atoms with Gasteiger partial charge in [0.25, 0.3) is 0 Å². The van der Waals surface area contributed by atoms with E-state index >= 15 is 0 Å². The van der Waals surface area contributed by atoms with Crippen molar-refractivity contribution in [3.05, 3.63) is 12.2 Å². The van der Waals surface area contributed by atoms with Crippen LogP contribution in [0.3, 0.4) is 0 Å². The van der Waals surface area contributed by atoms with Gasteiger partial charge in [0.05, 0.1) is 0 Å². The van der Waals surface area contributed by atoms with Gasteiger partial charge in [-0.05, 0) is 13.3 Å². The van der Waals surface area contributed by atoms with E-state index in [0.717, 1.165) is 0 Å². The van der Waals surface area contributed by atoms with Crippen LogP contribution in [0.1, 0.15) is 13.3 Å². The van der Waals surface area contributed by atoms with Crippen molar-refractivity contribution in [3.63, 3.8) is 0 Å². The van der Waals surface area contributed by atoms with Gasteiger partial charge in [0.2, 0.25) is 0 Å². The van der Waals surface area contributed by atoms with Gasteiger partial charge >= 0.3 is 11.9 Å². The summed E-state index contributed by atoms with van der Waals surface area (Å²) in [6.07, 6.45) is 3.19. The average molecular weight is 158 g/mol. The lowest BCUT2D eigenvalue weighted by Crippen LogP contribution is -2.22. The SMILES string of the molecule is C/C=C/CC(C(=O)O)C(=O)O. The van der Waals surface area contributed by atoms with Crippen molar-refractivity contribution < 1.29 is 19.8 Å². The fourth-order valence-corrected chi connectivity index (χ4v) is 0.579. The first-order valence-corrected chi connectivity index (χ1v) is 3.16. The molecular formula is C7H10O4. The zero-order chi connectivity index (χ0) is 8.85. The Bertz CT molecular complexity index is 169. The molecule has 0 unspecified atom stereocenters. The summed E-state index contributed by atoms with van der Waals surface area (Å²) in [5.41, 5.74) is 0. The number of carbonyl (C=O) groups is 2. The largest absolute Gasteiger partial charge is 0.481 e. The molecule has 0 aromatic rings. The molecule has 0 atom stereocenters. The molecule has 0 aliphatic carbocycles. The molecule has 0 aromatic heterocycles. The number of hydrogen-bond donors (Lipinski definition) is 2. The fourth-order valence-electron chi connectivity index (χ4n) is 0.579. The van der Waals surface area contributed by atoms with Crippen LogP contribution in [0.2, 0.25) is 0 Å². The summed E-state index contributed by atoms with van der Waals surface area (Å²) >= 11 is 0. The van der Waals surface area contributed by atoms with Gasteiger partial charge in [-0.15, -0.1) is 0 Å². The summed E-state index contributed by atoms with van der Waals surface area (Å²) < 4.78 is 0. The van der Waals surface area contributed by atoms with Crippen LogP contribution in [0.25, 0.3) is 0 Å². The van der Waals surface area contributed by atoms with Crippen LogP contribution < -0.4 is 0 Å². The van der Waals surface area contributed by atoms with Gasteiger partial charge in [-0.2, -0.15) is 0 Å². The normalized spacial score (nSPS) is 10.7. The molecule has 4 nitrogen and oxygen atoms in total. The molecular weight excluding hydrogens is 148 g/mol. The molecule has 62 valence electrons. The van der Waals surface area contributed by atoms with Crippen molar-refractivity contribution in [2.75, 3.05) is 0 Å². The van der Waals surface area contributed by atoms with E-state index in [1.807, 2.05) is 0 Å². The van der Waals surface area contributed by atoms with Gasteiger partial charge in [-0.3, -0.25) is 9.59 Å². The lowest BCUT2D eigenvalue weighted by molar-refractivity contribution is -0.154. The Morgan fingerprint density at radius 1 is 1.36 bits per heavy atom. The molecule has 0 amide bonds. The molecule has 0 bridgehead atoms. The van der Waals surface area contributed by atoms with Gasteiger partial charge in [-0.1, -0.05) is 12.2 Å². The Labute approximate surface area is 64.2 Å². The Morgan fingerprint density at radius 3 is 2.09 bits per heavy atom. The first-order chi connectivity index (χ1) is 5.09. The molecule has 0 saturated heterocycles. The van der Waals surface area contributed by atoms with E-state index in [0.29, 0.717) is 0 Å². The minimum atomic E-state index is -1.31. The first-order valence-electron chi connectivity index (χ1n) is 3.16. The van der Waals surface area contributed by atoms with Crippen LogP contribution >= 0.6 is 0 Å². The lowest BCUT2D eigenvalue weighted by Gasteiger charge is -2.01. The molecule has 0 aliphatic heterocycles. The van der Waals surface area contributed by atoms with Crippen molar-refractivity contribution in [2.24, 2.45) is 5.92 Å². The molecule has 4 heteroatoms. The number of allylic oxidation sites excluding steroid dienone is 2. The molecule has 0 saturated carbocycles. The van der Waals surface area contributed by atoms with Crippen LogP contribution in [-0.2, 0) is 9.59 Å². The molecule has 0 radical (unpaired) electrons. The highest BCUT2D eigenvalue weighted by Gasteiger charge is 2.23. The highest BCUT2D eigenvalue weighted by atomic mass is 16.4. The summed E-state index contributed by atoms with van der Waals surface area (Å²) in [4.78, 5) is 20.5. The monoisotopic (exact) mass is 158 g/mol. The van der Waals surface area contributed by atoms with Crippen molar-refractivity contribution >= 4 is 11.9 Å². The second-order valence-electron chi connectivity index (χ2n) is 2.03. The third kappa shape index (κ3) is 3.40. The summed E-state index contributed by atoms with van der Waals surface area (Å²) in [7, 11) is 0. The predicted octanol–water partition coefficient (Wildman–Crippen LogP) is 0.738. The molecule has 0 aromatic carbocycles. The van der Waals surface area contributed by atoms with E-state index in [4.69, 9.17) is 10.2 Å². The Morgan fingerprint density at radius 2 is 1.82 bits per heavy atom. The highest BCUT2D eigenvalue weighted by molar-refractivity contribution is 5.92. The first kappa shape index (κ1) is 9.68. The molecule has 0 heterocycles. The van der Waals surface area contributed by atoms with Crippen molar-refractivity contribution in [2.45, 2.75) is 13.3 Å². The van der Waals surface area contributed by atoms with Gasteiger partial charge in [0.1, 0.15) is 0 Å². The summed E-state index contributed by atoms with van der Waals surface area (Å²) in [5.74, 6) is -3.91. The zero-order valence-corrected chi connectivity index (χ0v) is 6.15. The van der Waals surface area contributed by atoms with Crippen LogP contribution in [0, 0.1) is 5.92 Å². The number of hydrogen-bond acceptors (Lipinski definition) is 2. The Hall–Kier alpha value is -1.32. The second-order valence-corrected chi connectivity index (χ2v) is 2.03. The Balaban J connectivity index is 4.12. The van der Waals surface area contributed by atoms with Crippen molar-refractivity contribution in [3.8, 4) is 0 Å². The van der Waals surface area contributed by atoms with E-state index in [9.17, 15) is 9.59 Å². The van der Waals surface area contributed by atoms with Crippen LogP contribution in [0.5, 0.6) is 0 Å². The quantitative estimate of drug-likeness (QED) is 0.467. The minimum Gasteiger partial charge on any atom is -0.481 e. The van der Waals surface area contributed by atoms with Crippen LogP contribution in [0.4, 0.5) is 0 Å². The van der Waals surface area contributed by atoms with Crippen LogP contribution in [-0.4, -0.2) is 22.2 Å². The van der Waals surface area contributed by atoms with Crippen molar-refractivity contribution in [1.82, 2.24) is 0 Å². The summed E-state index contributed by atoms with van der Waals surface area (Å²) in [6, 6.07) is 0. The Kier molecular flexibility index (Phi) is 3.95. The third-order valence-corrected chi connectivity index (χ3v) is 1.20. The maximum absolute atomic E-state index is 10.2. The lowest BCUT2D eigenvalue weighted by atomic mass is 10.1. The topological polar surface area (TPSA) is 74.6 Å². The zero-order valence-electron chi connectivity index (χ0n) is 6.15. The van der Waals surface area contributed by atoms with Gasteiger partial charge in [0, 0.05) is 0 Å². The van der Waals surface area contributed by atoms with E-state index in [-0.39, 0.29) is 6.42 Å². The molecule has 0 rings (SSSR count). The number of carboxylic acids is 2. The van der Waals surface area contributed by atoms with E-state index in [2.05, 4.69) is 0 Å². The van der Waals surface area contributed by atoms with Crippen molar-refractivity contribution in [1.29, 1.82) is 0 Å². The average Bonchev–Trinajstić information content (AvgIpc) is 1.87. The molecule has 0 aliphatic rings. The maximum atomic E-state index is 10.2. The third-order valence-electron chi connectivity index (χ3n) is 1.20. The van der Waals surface area contributed by atoms with E-state index in [1.165, 1.54) is 6.08 Å². The van der Waals surface area contributed by atoms with E-state index in [1.54, 1.807) is 13.0 Å². The number of rotatable bonds is 4. The molecule has 0 fully saturated rings. The van der Waals surface area contributed by atoms with Gasteiger partial charge in [0.15, 0.2) is 5.92 Å². The number of aliphatic carboxylic acids is 2. The fraction of sp³-hybridized carbons (Fsp3) is 0.429. The van der Waals surface area contributed by atoms with Gasteiger partial charge < -0.3 is 10.2 Å². The number of carboxylic acid groups (broad SMARTS) is 2. The highest BCUT2D eigenvalue weighted by Crippen LogP contribution is 2.04. The summed E-state index contributed by atoms with van der Waals surface area (Å²) in [6.45, 7) is 1.71. The second kappa shape index (κ2) is 4.49. The molecule has 0 spiro atoms. The maximum Gasteiger partial charge on any atom is 0.318 e. The minimum absolute atomic E-state index is 0.0428. The van der Waals surface area contributed by atoms with E-state index < -0.39 is 17.9 Å². The summed E-state index contributed by atoms with van der Waals surface area (Å²) in [5, 5.41) is 16.7. The molecule has 11 heavy (non-hydrogen) atoms. The standard InChI is InChI=1S/C7H10O4/c1-2-3-4-5(6(8)9)7(10)11/h2-3,5H,4H2,1H3,(H,8,9)(H,10,11)/b3-2+. The molecule has 2 N–H and O–H groups in total. The predicted molar refractivity (Wildman–Crippen MR) is 38.2 cm³/mol. The van der Waals surface area contributed by atoms with Crippen LogP contribution in [0.15, 0.2) is 12.2 Å².